The minimum Gasteiger partial charge on any atom is -0.348 e. The van der Waals surface area contributed by atoms with Crippen LogP contribution in [0, 0.1) is 12.7 Å². The number of imidazole rings is 1. The molecule has 2 N–H and O–H groups in total. The van der Waals surface area contributed by atoms with Gasteiger partial charge in [0.05, 0.1) is 24.6 Å². The molecule has 0 radical (unpaired) electrons. The largest absolute Gasteiger partial charge is 0.348 e. The van der Waals surface area contributed by atoms with Crippen molar-refractivity contribution in [2.45, 2.75) is 19.4 Å². The van der Waals surface area contributed by atoms with Gasteiger partial charge >= 0.3 is 0 Å². The molecular formula is C25H23FN4O. The van der Waals surface area contributed by atoms with E-state index >= 15 is 0 Å². The molecule has 0 saturated carbocycles. The fraction of sp³-hybridized carbons (Fsp3) is 0.200. The number of carbonyl (C=O) groups excluding carboxylic acids is 1. The number of halogens is 1. The summed E-state index contributed by atoms with van der Waals surface area (Å²) < 4.78 is 14.0. The molecule has 3 aromatic carbocycles. The summed E-state index contributed by atoms with van der Waals surface area (Å²) in [6.07, 6.45) is 2.43. The molecule has 5 nitrogen and oxygen atoms in total. The third-order valence-corrected chi connectivity index (χ3v) is 5.85. The van der Waals surface area contributed by atoms with Gasteiger partial charge in [-0.1, -0.05) is 42.0 Å². The van der Waals surface area contributed by atoms with E-state index in [0.29, 0.717) is 6.54 Å². The highest BCUT2D eigenvalue weighted by Gasteiger charge is 2.32. The maximum Gasteiger partial charge on any atom is 0.238 e. The highest BCUT2D eigenvalue weighted by Crippen LogP contribution is 2.33. The maximum atomic E-state index is 14.0. The quantitative estimate of drug-likeness (QED) is 0.513. The number of hydrogen-bond donors (Lipinski definition) is 2. The first kappa shape index (κ1) is 19.5. The molecule has 31 heavy (non-hydrogen) atoms. The van der Waals surface area contributed by atoms with Crippen molar-refractivity contribution in [2.24, 2.45) is 0 Å². The van der Waals surface area contributed by atoms with Crippen LogP contribution in [0.25, 0.3) is 10.8 Å². The molecule has 0 saturated heterocycles. The fourth-order valence-corrected chi connectivity index (χ4v) is 4.41. The summed E-state index contributed by atoms with van der Waals surface area (Å²) in [6.45, 7) is 2.91. The number of anilines is 1. The van der Waals surface area contributed by atoms with E-state index in [9.17, 15) is 9.18 Å². The number of nitrogens with zero attached hydrogens (tertiary/aromatic N) is 2. The average Bonchev–Trinajstić information content (AvgIpc) is 3.23. The van der Waals surface area contributed by atoms with Crippen molar-refractivity contribution in [1.29, 1.82) is 0 Å². The summed E-state index contributed by atoms with van der Waals surface area (Å²) in [7, 11) is 0. The van der Waals surface area contributed by atoms with Gasteiger partial charge in [-0.3, -0.25) is 9.69 Å². The first-order chi connectivity index (χ1) is 15.1. The molecule has 6 heteroatoms. The lowest BCUT2D eigenvalue weighted by Gasteiger charge is -2.34. The van der Waals surface area contributed by atoms with Gasteiger partial charge in [-0.25, -0.2) is 9.37 Å². The lowest BCUT2D eigenvalue weighted by molar-refractivity contribution is -0.117. The molecule has 0 aliphatic carbocycles. The minimum atomic E-state index is -0.296. The van der Waals surface area contributed by atoms with E-state index in [1.807, 2.05) is 31.2 Å². The number of aryl methyl sites for hydroxylation is 1. The van der Waals surface area contributed by atoms with Crippen LogP contribution in [0.15, 0.2) is 67.0 Å². The Bertz CT molecular complexity index is 1270. The molecule has 156 valence electrons. The lowest BCUT2D eigenvalue weighted by atomic mass is 9.95. The van der Waals surface area contributed by atoms with Crippen LogP contribution in [0.3, 0.4) is 0 Å². The molecule has 1 aliphatic rings. The first-order valence-electron chi connectivity index (χ1n) is 10.4. The topological polar surface area (TPSA) is 61.0 Å². The number of amides is 1. The molecule has 1 aromatic heterocycles. The van der Waals surface area contributed by atoms with Gasteiger partial charge in [0, 0.05) is 29.7 Å². The van der Waals surface area contributed by atoms with Crippen LogP contribution >= 0.6 is 0 Å². The predicted octanol–water partition coefficient (Wildman–Crippen LogP) is 4.60. The van der Waals surface area contributed by atoms with E-state index in [-0.39, 0.29) is 24.3 Å². The zero-order valence-electron chi connectivity index (χ0n) is 17.2. The molecule has 1 atom stereocenters. The van der Waals surface area contributed by atoms with Gasteiger partial charge < -0.3 is 10.3 Å². The second kappa shape index (κ2) is 7.96. The molecule has 0 fully saturated rings. The number of benzene rings is 3. The number of fused-ring (bicyclic) bond motifs is 2. The summed E-state index contributed by atoms with van der Waals surface area (Å²) >= 11 is 0. The molecule has 1 aliphatic heterocycles. The van der Waals surface area contributed by atoms with Crippen molar-refractivity contribution in [1.82, 2.24) is 14.9 Å². The summed E-state index contributed by atoms with van der Waals surface area (Å²) in [6, 6.07) is 18.4. The van der Waals surface area contributed by atoms with Gasteiger partial charge in [-0.05, 0) is 42.1 Å². The number of aromatic nitrogens is 2. The third kappa shape index (κ3) is 3.82. The Balaban J connectivity index is 1.42. The molecule has 2 heterocycles. The maximum absolute atomic E-state index is 14.0. The zero-order valence-corrected chi connectivity index (χ0v) is 17.2. The highest BCUT2D eigenvalue weighted by molar-refractivity contribution is 6.02. The van der Waals surface area contributed by atoms with E-state index in [1.165, 1.54) is 12.1 Å². The Morgan fingerprint density at radius 3 is 2.94 bits per heavy atom. The van der Waals surface area contributed by atoms with Crippen LogP contribution < -0.4 is 5.32 Å². The molecule has 0 bridgehead atoms. The molecule has 0 spiro atoms. The van der Waals surface area contributed by atoms with Crippen LogP contribution in [-0.4, -0.2) is 33.9 Å². The van der Waals surface area contributed by atoms with Gasteiger partial charge in [0.2, 0.25) is 5.91 Å². The number of nitrogens with one attached hydrogen (secondary N) is 2. The molecule has 5 rings (SSSR count). The van der Waals surface area contributed by atoms with Gasteiger partial charge in [0.25, 0.3) is 0 Å². The van der Waals surface area contributed by atoms with Gasteiger partial charge in [0.1, 0.15) is 5.82 Å². The average molecular weight is 414 g/mol. The Morgan fingerprint density at radius 1 is 1.19 bits per heavy atom. The minimum absolute atomic E-state index is 0.102. The predicted molar refractivity (Wildman–Crippen MR) is 119 cm³/mol. The number of rotatable bonds is 4. The van der Waals surface area contributed by atoms with Crippen LogP contribution in [0.5, 0.6) is 0 Å². The van der Waals surface area contributed by atoms with E-state index in [1.54, 1.807) is 12.4 Å². The lowest BCUT2D eigenvalue weighted by Crippen LogP contribution is -2.41. The number of H-pyrrole nitrogens is 1. The van der Waals surface area contributed by atoms with Crippen LogP contribution in [0.4, 0.5) is 10.1 Å². The van der Waals surface area contributed by atoms with Gasteiger partial charge in [-0.15, -0.1) is 0 Å². The third-order valence-electron chi connectivity index (χ3n) is 5.85. The van der Waals surface area contributed by atoms with Crippen LogP contribution in [0.1, 0.15) is 28.6 Å². The van der Waals surface area contributed by atoms with Gasteiger partial charge in [-0.2, -0.15) is 0 Å². The second-order valence-corrected chi connectivity index (χ2v) is 8.02. The van der Waals surface area contributed by atoms with E-state index in [4.69, 9.17) is 0 Å². The Kier molecular flexibility index (Phi) is 5.00. The van der Waals surface area contributed by atoms with Crippen molar-refractivity contribution in [3.63, 3.8) is 0 Å². The Labute approximate surface area is 179 Å². The van der Waals surface area contributed by atoms with Crippen LogP contribution in [0.2, 0.25) is 0 Å². The van der Waals surface area contributed by atoms with Crippen LogP contribution in [-0.2, 0) is 11.2 Å². The molecular weight excluding hydrogens is 391 g/mol. The fourth-order valence-electron chi connectivity index (χ4n) is 4.41. The van der Waals surface area contributed by atoms with Crippen molar-refractivity contribution in [3.05, 3.63) is 95.3 Å². The zero-order chi connectivity index (χ0) is 21.4. The van der Waals surface area contributed by atoms with E-state index in [0.717, 1.165) is 45.4 Å². The highest BCUT2D eigenvalue weighted by atomic mass is 19.1. The standard InChI is InChI=1S/C25H23FN4O/c1-16-8-9-17-4-3-7-21(20(17)12-16)29-23(31)14-30-11-10-22-24(28-15-27-22)25(30)18-5-2-6-19(26)13-18/h2-9,12-13,15,25H,10-11,14H2,1H3,(H,27,28)(H,29,31). The smallest absolute Gasteiger partial charge is 0.238 e. The van der Waals surface area contributed by atoms with E-state index in [2.05, 4.69) is 38.4 Å². The number of hydrogen-bond acceptors (Lipinski definition) is 3. The number of aromatic amines is 1. The molecule has 1 unspecified atom stereocenters. The summed E-state index contributed by atoms with van der Waals surface area (Å²) in [5.41, 5.74) is 4.62. The van der Waals surface area contributed by atoms with Crippen molar-refractivity contribution >= 4 is 22.4 Å². The van der Waals surface area contributed by atoms with Crippen molar-refractivity contribution < 1.29 is 9.18 Å². The van der Waals surface area contributed by atoms with Crippen molar-refractivity contribution in [3.8, 4) is 0 Å². The molecule has 4 aromatic rings. The normalized spacial score (nSPS) is 16.3. The number of carbonyl (C=O) groups is 1. The summed E-state index contributed by atoms with van der Waals surface area (Å²) in [4.78, 5) is 22.8. The summed E-state index contributed by atoms with van der Waals surface area (Å²) in [5.74, 6) is -0.398. The van der Waals surface area contributed by atoms with E-state index < -0.39 is 0 Å². The van der Waals surface area contributed by atoms with Crippen molar-refractivity contribution in [2.75, 3.05) is 18.4 Å². The second-order valence-electron chi connectivity index (χ2n) is 8.02. The first-order valence-corrected chi connectivity index (χ1v) is 10.4. The Morgan fingerprint density at radius 2 is 2.06 bits per heavy atom. The molecule has 1 amide bonds. The summed E-state index contributed by atoms with van der Waals surface area (Å²) in [5, 5.41) is 5.18. The van der Waals surface area contributed by atoms with Gasteiger partial charge in [0.15, 0.2) is 0 Å². The SMILES string of the molecule is Cc1ccc2cccc(NC(=O)CN3CCc4[nH]cnc4C3c3cccc(F)c3)c2c1. The monoisotopic (exact) mass is 414 g/mol. The Hall–Kier alpha value is -3.51.